The van der Waals surface area contributed by atoms with E-state index in [9.17, 15) is 0 Å². The molecule has 0 aliphatic carbocycles. The number of tetrazole rings is 1. The van der Waals surface area contributed by atoms with Crippen LogP contribution in [-0.4, -0.2) is 30.0 Å². The van der Waals surface area contributed by atoms with E-state index in [-0.39, 0.29) is 6.04 Å². The normalized spacial score (nSPS) is 15.0. The van der Waals surface area contributed by atoms with Crippen molar-refractivity contribution in [3.8, 4) is 16.9 Å². The van der Waals surface area contributed by atoms with Crippen molar-refractivity contribution in [2.75, 3.05) is 5.32 Å². The number of rotatable bonds is 4. The van der Waals surface area contributed by atoms with Crippen LogP contribution in [0.1, 0.15) is 17.2 Å². The molecule has 154 valence electrons. The molecule has 3 heterocycles. The highest BCUT2D eigenvalue weighted by molar-refractivity contribution is 5.78. The largest absolute Gasteiger partial charge is 0.323 e. The van der Waals surface area contributed by atoms with Crippen LogP contribution in [0.25, 0.3) is 22.6 Å². The molecule has 6 rings (SSSR count). The lowest BCUT2D eigenvalue weighted by Gasteiger charge is -2.23. The predicted molar refractivity (Wildman–Crippen MR) is 123 cm³/mol. The number of anilines is 1. The zero-order valence-corrected chi connectivity index (χ0v) is 17.1. The Morgan fingerprint density at radius 2 is 1.41 bits per heavy atom. The molecule has 0 radical (unpaired) electrons. The average Bonchev–Trinajstić information content (AvgIpc) is 3.53. The van der Waals surface area contributed by atoms with Crippen LogP contribution < -0.4 is 5.32 Å². The third-order valence-electron chi connectivity index (χ3n) is 5.54. The molecule has 0 saturated heterocycles. The SMILES string of the molecule is C1=C(c2ccccc2)Nc2nnnn2[C@H]1c1cn(-c2ccccc2)nc1-c1ccccc1. The van der Waals surface area contributed by atoms with Crippen LogP contribution in [0.2, 0.25) is 0 Å². The van der Waals surface area contributed by atoms with Crippen LogP contribution in [0.3, 0.4) is 0 Å². The quantitative estimate of drug-likeness (QED) is 0.463. The summed E-state index contributed by atoms with van der Waals surface area (Å²) >= 11 is 0. The molecule has 1 atom stereocenters. The predicted octanol–water partition coefficient (Wildman–Crippen LogP) is 4.58. The van der Waals surface area contributed by atoms with Crippen LogP contribution in [0.4, 0.5) is 5.95 Å². The highest BCUT2D eigenvalue weighted by Gasteiger charge is 2.28. The smallest absolute Gasteiger partial charge is 0.248 e. The summed E-state index contributed by atoms with van der Waals surface area (Å²) < 4.78 is 3.71. The van der Waals surface area contributed by atoms with Gasteiger partial charge in [0.25, 0.3) is 0 Å². The number of benzene rings is 3. The van der Waals surface area contributed by atoms with Crippen molar-refractivity contribution in [2.24, 2.45) is 0 Å². The topological polar surface area (TPSA) is 73.5 Å². The van der Waals surface area contributed by atoms with E-state index in [4.69, 9.17) is 5.10 Å². The Hall–Kier alpha value is -4.52. The maximum absolute atomic E-state index is 4.97. The van der Waals surface area contributed by atoms with Crippen molar-refractivity contribution in [2.45, 2.75) is 6.04 Å². The average molecular weight is 417 g/mol. The van der Waals surface area contributed by atoms with Gasteiger partial charge in [-0.15, -0.1) is 0 Å². The van der Waals surface area contributed by atoms with E-state index in [0.29, 0.717) is 5.95 Å². The number of para-hydroxylation sites is 1. The molecule has 32 heavy (non-hydrogen) atoms. The first-order valence-corrected chi connectivity index (χ1v) is 10.4. The minimum atomic E-state index is -0.218. The lowest BCUT2D eigenvalue weighted by Crippen LogP contribution is -2.20. The van der Waals surface area contributed by atoms with Gasteiger partial charge in [0.05, 0.1) is 11.4 Å². The number of aromatic nitrogens is 6. The van der Waals surface area contributed by atoms with Gasteiger partial charge in [-0.25, -0.2) is 4.68 Å². The summed E-state index contributed by atoms with van der Waals surface area (Å²) in [6.07, 6.45) is 4.22. The van der Waals surface area contributed by atoms with Gasteiger partial charge in [0, 0.05) is 23.0 Å². The van der Waals surface area contributed by atoms with Crippen molar-refractivity contribution in [1.82, 2.24) is 30.0 Å². The van der Waals surface area contributed by atoms with Gasteiger partial charge in [0.1, 0.15) is 6.04 Å². The number of nitrogens with one attached hydrogen (secondary N) is 1. The van der Waals surface area contributed by atoms with Gasteiger partial charge in [-0.2, -0.15) is 9.78 Å². The summed E-state index contributed by atoms with van der Waals surface area (Å²) in [7, 11) is 0. The molecule has 0 bridgehead atoms. The van der Waals surface area contributed by atoms with E-state index in [1.54, 1.807) is 4.68 Å². The van der Waals surface area contributed by atoms with Gasteiger partial charge < -0.3 is 5.32 Å². The monoisotopic (exact) mass is 417 g/mol. The molecule has 0 unspecified atom stereocenters. The van der Waals surface area contributed by atoms with Crippen LogP contribution in [0, 0.1) is 0 Å². The van der Waals surface area contributed by atoms with E-state index in [0.717, 1.165) is 33.8 Å². The Labute approximate surface area is 184 Å². The summed E-state index contributed by atoms with van der Waals surface area (Å²) in [6.45, 7) is 0. The molecule has 0 amide bonds. The standard InChI is InChI=1S/C25H19N7/c1-4-10-18(11-5-1)22-16-23(32-25(26-22)27-29-30-32)21-17-31(20-14-8-3-9-15-20)28-24(21)19-12-6-2-7-13-19/h1-17,23H,(H,26,27,30)/t23-/m1/s1. The Balaban J connectivity index is 1.55. The minimum absolute atomic E-state index is 0.218. The first-order chi connectivity index (χ1) is 15.9. The van der Waals surface area contributed by atoms with E-state index in [1.165, 1.54) is 0 Å². The molecule has 1 aliphatic rings. The van der Waals surface area contributed by atoms with E-state index >= 15 is 0 Å². The summed E-state index contributed by atoms with van der Waals surface area (Å²) in [5, 5.41) is 20.7. The molecule has 3 aromatic carbocycles. The second kappa shape index (κ2) is 7.63. The van der Waals surface area contributed by atoms with Gasteiger partial charge in [-0.1, -0.05) is 84.0 Å². The Morgan fingerprint density at radius 3 is 2.12 bits per heavy atom. The fourth-order valence-electron chi connectivity index (χ4n) is 4.00. The van der Waals surface area contributed by atoms with Crippen molar-refractivity contribution < 1.29 is 0 Å². The van der Waals surface area contributed by atoms with Gasteiger partial charge in [0.2, 0.25) is 5.95 Å². The van der Waals surface area contributed by atoms with Gasteiger partial charge in [-0.05, 0) is 34.2 Å². The first kappa shape index (κ1) is 18.3. The molecule has 2 aromatic heterocycles. The van der Waals surface area contributed by atoms with Crippen molar-refractivity contribution in [1.29, 1.82) is 0 Å². The molecule has 0 spiro atoms. The van der Waals surface area contributed by atoms with Crippen molar-refractivity contribution in [3.05, 3.63) is 114 Å². The van der Waals surface area contributed by atoms with Crippen LogP contribution in [0.15, 0.2) is 103 Å². The lowest BCUT2D eigenvalue weighted by molar-refractivity contribution is 0.586. The highest BCUT2D eigenvalue weighted by atomic mass is 15.6. The summed E-state index contributed by atoms with van der Waals surface area (Å²) in [4.78, 5) is 0. The van der Waals surface area contributed by atoms with Gasteiger partial charge in [-0.3, -0.25) is 0 Å². The van der Waals surface area contributed by atoms with Crippen LogP contribution >= 0.6 is 0 Å². The van der Waals surface area contributed by atoms with E-state index in [1.807, 2.05) is 71.4 Å². The fourth-order valence-corrected chi connectivity index (χ4v) is 4.00. The Kier molecular flexibility index (Phi) is 4.35. The number of hydrogen-bond donors (Lipinski definition) is 1. The maximum Gasteiger partial charge on any atom is 0.248 e. The maximum atomic E-state index is 4.97. The van der Waals surface area contributed by atoms with E-state index in [2.05, 4.69) is 57.4 Å². The molecule has 1 N–H and O–H groups in total. The molecule has 7 heteroatoms. The third-order valence-corrected chi connectivity index (χ3v) is 5.54. The Morgan fingerprint density at radius 1 is 0.750 bits per heavy atom. The molecule has 1 aliphatic heterocycles. The molecular formula is C25H19N7. The van der Waals surface area contributed by atoms with Gasteiger partial charge >= 0.3 is 0 Å². The van der Waals surface area contributed by atoms with Crippen LogP contribution in [-0.2, 0) is 0 Å². The van der Waals surface area contributed by atoms with Crippen molar-refractivity contribution in [3.63, 3.8) is 0 Å². The minimum Gasteiger partial charge on any atom is -0.323 e. The van der Waals surface area contributed by atoms with Gasteiger partial charge in [0.15, 0.2) is 0 Å². The van der Waals surface area contributed by atoms with Crippen LogP contribution in [0.5, 0.6) is 0 Å². The first-order valence-electron chi connectivity index (χ1n) is 10.4. The zero-order chi connectivity index (χ0) is 21.3. The zero-order valence-electron chi connectivity index (χ0n) is 17.1. The lowest BCUT2D eigenvalue weighted by atomic mass is 9.99. The number of fused-ring (bicyclic) bond motifs is 1. The second-order valence-electron chi connectivity index (χ2n) is 7.54. The second-order valence-corrected chi connectivity index (χ2v) is 7.54. The highest BCUT2D eigenvalue weighted by Crippen LogP contribution is 2.36. The molecule has 0 fully saturated rings. The molecular weight excluding hydrogens is 398 g/mol. The number of nitrogens with zero attached hydrogens (tertiary/aromatic N) is 6. The Bertz CT molecular complexity index is 1390. The van der Waals surface area contributed by atoms with Crippen molar-refractivity contribution >= 4 is 11.6 Å². The summed E-state index contributed by atoms with van der Waals surface area (Å²) in [5.74, 6) is 0.600. The molecule has 7 nitrogen and oxygen atoms in total. The molecule has 0 saturated carbocycles. The summed E-state index contributed by atoms with van der Waals surface area (Å²) in [6, 6.07) is 30.3. The fraction of sp³-hybridized carbons (Fsp3) is 0.0400. The van der Waals surface area contributed by atoms with E-state index < -0.39 is 0 Å². The third kappa shape index (κ3) is 3.16. The number of allylic oxidation sites excluding steroid dienone is 1. The molecule has 5 aromatic rings. The number of hydrogen-bond acceptors (Lipinski definition) is 5. The summed E-state index contributed by atoms with van der Waals surface area (Å²) in [5.41, 5.74) is 5.98.